The summed E-state index contributed by atoms with van der Waals surface area (Å²) in [5.74, 6) is 2.21. The van der Waals surface area contributed by atoms with Gasteiger partial charge in [-0.1, -0.05) is 32.0 Å². The Morgan fingerprint density at radius 3 is 2.44 bits per heavy atom. The van der Waals surface area contributed by atoms with Crippen molar-refractivity contribution in [2.45, 2.75) is 40.3 Å². The van der Waals surface area contributed by atoms with E-state index in [1.807, 2.05) is 30.3 Å². The lowest BCUT2D eigenvalue weighted by molar-refractivity contribution is 0.271. The molecule has 0 aliphatic heterocycles. The summed E-state index contributed by atoms with van der Waals surface area (Å²) in [6, 6.07) is 14.2. The number of halogens is 1. The zero-order chi connectivity index (χ0) is 18.8. The first kappa shape index (κ1) is 23.2. The van der Waals surface area contributed by atoms with Gasteiger partial charge in [0.25, 0.3) is 0 Å². The monoisotopic (exact) mass is 482 g/mol. The number of aliphatic imine (C=N–C) groups is 1. The first-order valence-electron chi connectivity index (χ1n) is 9.26. The molecule has 148 valence electrons. The SMILES string of the molecule is CCNC(=NCc1ccccn1)NC(C)c1ccc(OCC(C)C)cc1.I. The summed E-state index contributed by atoms with van der Waals surface area (Å²) in [5.41, 5.74) is 2.13. The highest BCUT2D eigenvalue weighted by Crippen LogP contribution is 2.18. The van der Waals surface area contributed by atoms with E-state index in [1.165, 1.54) is 5.56 Å². The molecule has 0 spiro atoms. The standard InChI is InChI=1S/C21H30N4O.HI/c1-5-22-21(24-14-19-8-6-7-13-23-19)25-17(4)18-9-11-20(12-10-18)26-15-16(2)3;/h6-13,16-17H,5,14-15H2,1-4H3,(H2,22,24,25);1H. The quantitative estimate of drug-likeness (QED) is 0.329. The molecule has 0 radical (unpaired) electrons. The third-order valence-corrected chi connectivity index (χ3v) is 3.79. The van der Waals surface area contributed by atoms with E-state index >= 15 is 0 Å². The van der Waals surface area contributed by atoms with Crippen LogP contribution in [0, 0.1) is 5.92 Å². The summed E-state index contributed by atoms with van der Waals surface area (Å²) < 4.78 is 5.75. The van der Waals surface area contributed by atoms with Crippen LogP contribution >= 0.6 is 24.0 Å². The number of aromatic nitrogens is 1. The molecule has 0 saturated carbocycles. The number of pyridine rings is 1. The van der Waals surface area contributed by atoms with Crippen molar-refractivity contribution in [3.05, 3.63) is 59.9 Å². The minimum absolute atomic E-state index is 0. The summed E-state index contributed by atoms with van der Waals surface area (Å²) in [6.45, 7) is 10.6. The van der Waals surface area contributed by atoms with E-state index in [9.17, 15) is 0 Å². The molecule has 2 aromatic rings. The van der Waals surface area contributed by atoms with Gasteiger partial charge in [-0.05, 0) is 49.6 Å². The molecule has 1 aromatic heterocycles. The number of guanidine groups is 1. The first-order chi connectivity index (χ1) is 12.6. The van der Waals surface area contributed by atoms with Crippen molar-refractivity contribution in [2.75, 3.05) is 13.2 Å². The zero-order valence-electron chi connectivity index (χ0n) is 16.6. The van der Waals surface area contributed by atoms with Crippen LogP contribution in [0.4, 0.5) is 0 Å². The maximum Gasteiger partial charge on any atom is 0.192 e. The van der Waals surface area contributed by atoms with Crippen LogP contribution in [0.5, 0.6) is 5.75 Å². The van der Waals surface area contributed by atoms with Crippen LogP contribution in [0.25, 0.3) is 0 Å². The lowest BCUT2D eigenvalue weighted by Crippen LogP contribution is -2.38. The molecule has 1 heterocycles. The minimum atomic E-state index is 0. The van der Waals surface area contributed by atoms with Crippen molar-refractivity contribution in [1.82, 2.24) is 15.6 Å². The molecule has 1 aromatic carbocycles. The number of benzene rings is 1. The van der Waals surface area contributed by atoms with Gasteiger partial charge in [-0.2, -0.15) is 0 Å². The maximum absolute atomic E-state index is 5.75. The van der Waals surface area contributed by atoms with Crippen LogP contribution in [0.3, 0.4) is 0 Å². The van der Waals surface area contributed by atoms with Crippen LogP contribution in [0.2, 0.25) is 0 Å². The highest BCUT2D eigenvalue weighted by atomic mass is 127. The fourth-order valence-corrected chi connectivity index (χ4v) is 2.38. The van der Waals surface area contributed by atoms with E-state index in [2.05, 4.69) is 60.4 Å². The molecular formula is C21H31IN4O. The molecule has 6 heteroatoms. The van der Waals surface area contributed by atoms with Gasteiger partial charge in [0.05, 0.1) is 24.9 Å². The van der Waals surface area contributed by atoms with Crippen molar-refractivity contribution >= 4 is 29.9 Å². The Hall–Kier alpha value is -1.83. The van der Waals surface area contributed by atoms with E-state index in [-0.39, 0.29) is 30.0 Å². The number of hydrogen-bond donors (Lipinski definition) is 2. The van der Waals surface area contributed by atoms with Gasteiger partial charge in [0.15, 0.2) is 5.96 Å². The van der Waals surface area contributed by atoms with E-state index in [0.717, 1.165) is 30.6 Å². The Morgan fingerprint density at radius 2 is 1.85 bits per heavy atom. The lowest BCUT2D eigenvalue weighted by Gasteiger charge is -2.18. The molecule has 0 fully saturated rings. The topological polar surface area (TPSA) is 58.5 Å². The normalized spacial score (nSPS) is 12.3. The van der Waals surface area contributed by atoms with Crippen molar-refractivity contribution < 1.29 is 4.74 Å². The number of hydrogen-bond acceptors (Lipinski definition) is 3. The van der Waals surface area contributed by atoms with Crippen molar-refractivity contribution in [3.63, 3.8) is 0 Å². The van der Waals surface area contributed by atoms with Gasteiger partial charge in [-0.15, -0.1) is 24.0 Å². The summed E-state index contributed by atoms with van der Waals surface area (Å²) in [5, 5.41) is 6.73. The summed E-state index contributed by atoms with van der Waals surface area (Å²) >= 11 is 0. The predicted molar refractivity (Wildman–Crippen MR) is 123 cm³/mol. The smallest absolute Gasteiger partial charge is 0.192 e. The number of rotatable bonds is 8. The molecule has 0 aliphatic carbocycles. The highest BCUT2D eigenvalue weighted by molar-refractivity contribution is 14.0. The van der Waals surface area contributed by atoms with Crippen molar-refractivity contribution in [2.24, 2.45) is 10.9 Å². The summed E-state index contributed by atoms with van der Waals surface area (Å²) in [6.07, 6.45) is 1.79. The van der Waals surface area contributed by atoms with E-state index in [4.69, 9.17) is 4.74 Å². The largest absolute Gasteiger partial charge is 0.493 e. The van der Waals surface area contributed by atoms with Crippen LogP contribution in [0.15, 0.2) is 53.7 Å². The van der Waals surface area contributed by atoms with E-state index in [1.54, 1.807) is 6.20 Å². The second-order valence-corrected chi connectivity index (χ2v) is 6.66. The lowest BCUT2D eigenvalue weighted by atomic mass is 10.1. The minimum Gasteiger partial charge on any atom is -0.493 e. The van der Waals surface area contributed by atoms with Crippen LogP contribution in [0.1, 0.15) is 45.0 Å². The second kappa shape index (κ2) is 12.5. The van der Waals surface area contributed by atoms with Gasteiger partial charge in [0.2, 0.25) is 0 Å². The van der Waals surface area contributed by atoms with Crippen LogP contribution in [-0.4, -0.2) is 24.1 Å². The Balaban J connectivity index is 0.00000364. The molecule has 2 N–H and O–H groups in total. The number of ether oxygens (including phenoxy) is 1. The highest BCUT2D eigenvalue weighted by Gasteiger charge is 2.08. The molecule has 5 nitrogen and oxygen atoms in total. The summed E-state index contributed by atoms with van der Waals surface area (Å²) in [7, 11) is 0. The first-order valence-corrected chi connectivity index (χ1v) is 9.26. The molecule has 1 atom stereocenters. The average Bonchev–Trinajstić information content (AvgIpc) is 2.66. The Kier molecular flexibility index (Phi) is 10.8. The average molecular weight is 482 g/mol. The molecule has 27 heavy (non-hydrogen) atoms. The molecule has 0 amide bonds. The molecule has 1 unspecified atom stereocenters. The third-order valence-electron chi connectivity index (χ3n) is 3.79. The van der Waals surface area contributed by atoms with Gasteiger partial charge < -0.3 is 15.4 Å². The Labute approximate surface area is 180 Å². The number of nitrogens with zero attached hydrogens (tertiary/aromatic N) is 2. The third kappa shape index (κ3) is 8.60. The van der Waals surface area contributed by atoms with Crippen LogP contribution < -0.4 is 15.4 Å². The summed E-state index contributed by atoms with van der Waals surface area (Å²) in [4.78, 5) is 8.93. The molecule has 2 rings (SSSR count). The van der Waals surface area contributed by atoms with Gasteiger partial charge >= 0.3 is 0 Å². The van der Waals surface area contributed by atoms with Gasteiger partial charge in [-0.3, -0.25) is 4.98 Å². The van der Waals surface area contributed by atoms with E-state index in [0.29, 0.717) is 12.5 Å². The molecular weight excluding hydrogens is 451 g/mol. The zero-order valence-corrected chi connectivity index (χ0v) is 18.9. The van der Waals surface area contributed by atoms with E-state index < -0.39 is 0 Å². The van der Waals surface area contributed by atoms with Crippen molar-refractivity contribution in [3.8, 4) is 5.75 Å². The maximum atomic E-state index is 5.75. The van der Waals surface area contributed by atoms with Gasteiger partial charge in [-0.25, -0.2) is 4.99 Å². The van der Waals surface area contributed by atoms with Gasteiger partial charge in [0.1, 0.15) is 5.75 Å². The fourth-order valence-electron chi connectivity index (χ4n) is 2.38. The molecule has 0 saturated heterocycles. The molecule has 0 aliphatic rings. The second-order valence-electron chi connectivity index (χ2n) is 6.66. The number of nitrogens with one attached hydrogen (secondary N) is 2. The van der Waals surface area contributed by atoms with Crippen molar-refractivity contribution in [1.29, 1.82) is 0 Å². The Bertz CT molecular complexity index is 674. The predicted octanol–water partition coefficient (Wildman–Crippen LogP) is 4.55. The van der Waals surface area contributed by atoms with Crippen LogP contribution in [-0.2, 0) is 6.54 Å². The molecule has 0 bridgehead atoms. The van der Waals surface area contributed by atoms with Gasteiger partial charge in [0, 0.05) is 12.7 Å². The Morgan fingerprint density at radius 1 is 1.11 bits per heavy atom. The fraction of sp³-hybridized carbons (Fsp3) is 0.429.